The van der Waals surface area contributed by atoms with Gasteiger partial charge in [-0.3, -0.25) is 0 Å². The highest BCUT2D eigenvalue weighted by molar-refractivity contribution is 7.89. The highest BCUT2D eigenvalue weighted by Crippen LogP contribution is 2.26. The monoisotopic (exact) mass is 305 g/mol. The number of methoxy groups -OCH3 is 1. The molecule has 0 radical (unpaired) electrons. The van der Waals surface area contributed by atoms with Gasteiger partial charge in [0.2, 0.25) is 10.0 Å². The molecule has 0 amide bonds. The van der Waals surface area contributed by atoms with Crippen molar-refractivity contribution >= 4 is 10.0 Å². The Hall–Kier alpha value is -1.85. The van der Waals surface area contributed by atoms with Gasteiger partial charge in [-0.25, -0.2) is 13.6 Å². The molecule has 2 aromatic rings. The van der Waals surface area contributed by atoms with Crippen molar-refractivity contribution in [3.63, 3.8) is 0 Å². The molecule has 0 aliphatic rings. The van der Waals surface area contributed by atoms with Gasteiger partial charge in [0, 0.05) is 0 Å². The normalized spacial score (nSPS) is 12.9. The maximum absolute atomic E-state index is 11.8. The molecule has 2 rings (SSSR count). The summed E-state index contributed by atoms with van der Waals surface area (Å²) in [5, 5.41) is 4.69. The van der Waals surface area contributed by atoms with E-state index in [0.29, 0.717) is 12.8 Å². The molecule has 0 aliphatic heterocycles. The third-order valence-electron chi connectivity index (χ3n) is 3.42. The smallest absolute Gasteiger partial charge is 0.216 e. The molecule has 2 N–H and O–H groups in total. The highest BCUT2D eigenvalue weighted by Gasteiger charge is 2.23. The van der Waals surface area contributed by atoms with Gasteiger partial charge in [-0.05, 0) is 36.1 Å². The average molecular weight is 305 g/mol. The van der Waals surface area contributed by atoms with Crippen molar-refractivity contribution in [2.75, 3.05) is 7.11 Å². The number of hydrogen-bond acceptors (Lipinski definition) is 3. The maximum atomic E-state index is 11.8. The number of benzene rings is 2. The Kier molecular flexibility index (Phi) is 4.98. The number of hydrogen-bond donors (Lipinski definition) is 1. The molecule has 0 aromatic heterocycles. The zero-order valence-electron chi connectivity index (χ0n) is 11.9. The number of aryl methyl sites for hydroxylation is 1. The fourth-order valence-electron chi connectivity index (χ4n) is 2.28. The molecule has 0 fully saturated rings. The molecule has 0 aliphatic carbocycles. The second-order valence-electron chi connectivity index (χ2n) is 4.88. The molecule has 0 heterocycles. The van der Waals surface area contributed by atoms with Crippen molar-refractivity contribution in [1.29, 1.82) is 0 Å². The summed E-state index contributed by atoms with van der Waals surface area (Å²) >= 11 is 0. The molecular weight excluding hydrogens is 286 g/mol. The van der Waals surface area contributed by atoms with Crippen LogP contribution in [-0.2, 0) is 16.4 Å². The Balaban J connectivity index is 2.13. The van der Waals surface area contributed by atoms with Gasteiger partial charge in [0.05, 0.1) is 7.11 Å². The Bertz CT molecular complexity index is 666. The minimum absolute atomic E-state index is 0.454. The molecule has 1 atom stereocenters. The molecule has 0 saturated heterocycles. The fourth-order valence-corrected chi connectivity index (χ4v) is 3.26. The first-order chi connectivity index (χ1) is 10.0. The van der Waals surface area contributed by atoms with Gasteiger partial charge in [-0.1, -0.05) is 42.5 Å². The lowest BCUT2D eigenvalue weighted by atomic mass is 10.0. The van der Waals surface area contributed by atoms with Gasteiger partial charge in [0.15, 0.2) is 0 Å². The maximum Gasteiger partial charge on any atom is 0.216 e. The van der Waals surface area contributed by atoms with Crippen LogP contribution in [-0.4, -0.2) is 15.5 Å². The summed E-state index contributed by atoms with van der Waals surface area (Å²) in [6, 6.07) is 16.7. The lowest BCUT2D eigenvalue weighted by Crippen LogP contribution is -2.22. The van der Waals surface area contributed by atoms with Crippen LogP contribution in [0.15, 0.2) is 54.6 Å². The number of nitrogens with two attached hydrogens (primary N) is 1. The van der Waals surface area contributed by atoms with Crippen LogP contribution in [0, 0.1) is 0 Å². The van der Waals surface area contributed by atoms with Gasteiger partial charge >= 0.3 is 0 Å². The van der Waals surface area contributed by atoms with Crippen LogP contribution in [0.3, 0.4) is 0 Å². The average Bonchev–Trinajstić information content (AvgIpc) is 2.48. The van der Waals surface area contributed by atoms with E-state index < -0.39 is 15.3 Å². The van der Waals surface area contributed by atoms with Crippen molar-refractivity contribution in [2.24, 2.45) is 5.14 Å². The molecule has 21 heavy (non-hydrogen) atoms. The van der Waals surface area contributed by atoms with Gasteiger partial charge in [-0.15, -0.1) is 0 Å². The third-order valence-corrected chi connectivity index (χ3v) is 4.72. The fraction of sp³-hybridized carbons (Fsp3) is 0.250. The first-order valence-electron chi connectivity index (χ1n) is 6.70. The van der Waals surface area contributed by atoms with E-state index in [9.17, 15) is 8.42 Å². The van der Waals surface area contributed by atoms with Gasteiger partial charge in [0.25, 0.3) is 0 Å². The Morgan fingerprint density at radius 2 is 1.67 bits per heavy atom. The van der Waals surface area contributed by atoms with Crippen LogP contribution in [0.1, 0.15) is 22.8 Å². The van der Waals surface area contributed by atoms with Crippen LogP contribution >= 0.6 is 0 Å². The van der Waals surface area contributed by atoms with E-state index in [1.165, 1.54) is 0 Å². The van der Waals surface area contributed by atoms with Crippen LogP contribution < -0.4 is 9.88 Å². The largest absolute Gasteiger partial charge is 0.497 e. The molecule has 2 aromatic carbocycles. The van der Waals surface area contributed by atoms with Gasteiger partial charge in [-0.2, -0.15) is 0 Å². The molecule has 112 valence electrons. The Morgan fingerprint density at radius 1 is 1.05 bits per heavy atom. The zero-order valence-corrected chi connectivity index (χ0v) is 12.7. The number of sulfonamides is 1. The summed E-state index contributed by atoms with van der Waals surface area (Å²) in [5.41, 5.74) is 1.79. The summed E-state index contributed by atoms with van der Waals surface area (Å²) in [4.78, 5) is 0. The lowest BCUT2D eigenvalue weighted by molar-refractivity contribution is 0.414. The highest BCUT2D eigenvalue weighted by atomic mass is 32.2. The molecule has 4 nitrogen and oxygen atoms in total. The van der Waals surface area contributed by atoms with Gasteiger partial charge < -0.3 is 4.74 Å². The summed E-state index contributed by atoms with van der Waals surface area (Å²) in [7, 11) is -2.01. The molecular formula is C16H19NO3S. The summed E-state index contributed by atoms with van der Waals surface area (Å²) in [6.07, 6.45) is 1.09. The summed E-state index contributed by atoms with van der Waals surface area (Å²) in [6.45, 7) is 0. The van der Waals surface area contributed by atoms with Crippen molar-refractivity contribution in [1.82, 2.24) is 0 Å². The molecule has 0 saturated carbocycles. The summed E-state index contributed by atoms with van der Waals surface area (Å²) < 4.78 is 28.7. The Morgan fingerprint density at radius 3 is 2.19 bits per heavy atom. The topological polar surface area (TPSA) is 69.4 Å². The third kappa shape index (κ3) is 4.31. The second kappa shape index (κ2) is 6.74. The quantitative estimate of drug-likeness (QED) is 0.892. The number of primary sulfonamides is 1. The van der Waals surface area contributed by atoms with Crippen LogP contribution in [0.5, 0.6) is 5.75 Å². The van der Waals surface area contributed by atoms with E-state index in [1.807, 2.05) is 42.5 Å². The molecule has 0 bridgehead atoms. The van der Waals surface area contributed by atoms with E-state index >= 15 is 0 Å². The minimum Gasteiger partial charge on any atom is -0.497 e. The first kappa shape index (κ1) is 15.5. The van der Waals surface area contributed by atoms with Crippen molar-refractivity contribution in [2.45, 2.75) is 18.1 Å². The zero-order chi connectivity index (χ0) is 15.3. The van der Waals surface area contributed by atoms with E-state index in [4.69, 9.17) is 9.88 Å². The van der Waals surface area contributed by atoms with Crippen molar-refractivity contribution in [3.05, 3.63) is 65.7 Å². The second-order valence-corrected chi connectivity index (χ2v) is 6.62. The van der Waals surface area contributed by atoms with E-state index in [0.717, 1.165) is 16.9 Å². The Labute approximate surface area is 125 Å². The minimum atomic E-state index is -3.63. The molecule has 0 spiro atoms. The van der Waals surface area contributed by atoms with Crippen LogP contribution in [0.25, 0.3) is 0 Å². The SMILES string of the molecule is COc1ccc(CCC(c2ccccc2)S(N)(=O)=O)cc1. The molecule has 1 unspecified atom stereocenters. The predicted molar refractivity (Wildman–Crippen MR) is 83.6 cm³/mol. The van der Waals surface area contributed by atoms with Crippen molar-refractivity contribution < 1.29 is 13.2 Å². The number of ether oxygens (including phenoxy) is 1. The first-order valence-corrected chi connectivity index (χ1v) is 8.31. The van der Waals surface area contributed by atoms with E-state index in [-0.39, 0.29) is 0 Å². The lowest BCUT2D eigenvalue weighted by Gasteiger charge is -2.15. The molecule has 5 heteroatoms. The van der Waals surface area contributed by atoms with Crippen LogP contribution in [0.4, 0.5) is 0 Å². The standard InChI is InChI=1S/C16H19NO3S/c1-20-15-10-7-13(8-11-15)9-12-16(21(17,18)19)14-5-3-2-4-6-14/h2-8,10-11,16H,9,12H2,1H3,(H2,17,18,19). The summed E-state index contributed by atoms with van der Waals surface area (Å²) in [5.74, 6) is 0.782. The van der Waals surface area contributed by atoms with E-state index in [2.05, 4.69) is 0 Å². The number of rotatable bonds is 6. The van der Waals surface area contributed by atoms with Gasteiger partial charge in [0.1, 0.15) is 11.0 Å². The van der Waals surface area contributed by atoms with E-state index in [1.54, 1.807) is 19.2 Å². The predicted octanol–water partition coefficient (Wildman–Crippen LogP) is 2.66. The van der Waals surface area contributed by atoms with Crippen molar-refractivity contribution in [3.8, 4) is 5.75 Å². The van der Waals surface area contributed by atoms with Crippen LogP contribution in [0.2, 0.25) is 0 Å².